The number of amides is 1. The summed E-state index contributed by atoms with van der Waals surface area (Å²) in [6.07, 6.45) is 1.24. The fourth-order valence-electron chi connectivity index (χ4n) is 2.88. The van der Waals surface area contributed by atoms with E-state index in [2.05, 4.69) is 26.8 Å². The standard InChI is InChI=1S/C17H22ClN5O2/c1-11-9-22(16(24)25-17(2,3)4)7-8-23(11)15-14-12(19-10-20-15)5-6-13(18)21-14/h5-6,10-11H,7-9H2,1-4H3/t11-/m0/s1. The molecule has 1 aliphatic heterocycles. The molecule has 1 amide bonds. The molecule has 0 saturated carbocycles. The third-order valence-corrected chi connectivity index (χ3v) is 4.19. The predicted octanol–water partition coefficient (Wildman–Crippen LogP) is 3.12. The monoisotopic (exact) mass is 363 g/mol. The first-order valence-corrected chi connectivity index (χ1v) is 8.64. The van der Waals surface area contributed by atoms with Gasteiger partial charge in [0.15, 0.2) is 5.82 Å². The minimum absolute atomic E-state index is 0.0696. The van der Waals surface area contributed by atoms with Gasteiger partial charge in [-0.1, -0.05) is 11.6 Å². The minimum atomic E-state index is -0.499. The molecular weight excluding hydrogens is 342 g/mol. The van der Waals surface area contributed by atoms with Crippen molar-refractivity contribution in [2.75, 3.05) is 24.5 Å². The summed E-state index contributed by atoms with van der Waals surface area (Å²) >= 11 is 6.04. The summed E-state index contributed by atoms with van der Waals surface area (Å²) in [6.45, 7) is 9.41. The van der Waals surface area contributed by atoms with E-state index in [1.165, 1.54) is 6.33 Å². The second-order valence-electron chi connectivity index (χ2n) is 7.17. The Balaban J connectivity index is 1.81. The van der Waals surface area contributed by atoms with Crippen molar-refractivity contribution in [2.24, 2.45) is 0 Å². The van der Waals surface area contributed by atoms with Crippen LogP contribution in [0.15, 0.2) is 18.5 Å². The molecule has 134 valence electrons. The molecular formula is C17H22ClN5O2. The Kier molecular flexibility index (Phi) is 4.69. The maximum Gasteiger partial charge on any atom is 0.410 e. The van der Waals surface area contributed by atoms with Gasteiger partial charge in [0.1, 0.15) is 22.6 Å². The third kappa shape index (κ3) is 3.92. The highest BCUT2D eigenvalue weighted by molar-refractivity contribution is 6.29. The van der Waals surface area contributed by atoms with Crippen LogP contribution in [0.25, 0.3) is 11.0 Å². The van der Waals surface area contributed by atoms with Gasteiger partial charge in [-0.2, -0.15) is 0 Å². The first kappa shape index (κ1) is 17.7. The number of carbonyl (C=O) groups excluding carboxylic acids is 1. The lowest BCUT2D eigenvalue weighted by molar-refractivity contribution is 0.0218. The number of hydrogen-bond acceptors (Lipinski definition) is 6. The minimum Gasteiger partial charge on any atom is -0.444 e. The number of hydrogen-bond donors (Lipinski definition) is 0. The van der Waals surface area contributed by atoms with E-state index in [1.54, 1.807) is 11.0 Å². The van der Waals surface area contributed by atoms with Crippen molar-refractivity contribution in [3.8, 4) is 0 Å². The topological polar surface area (TPSA) is 71.5 Å². The highest BCUT2D eigenvalue weighted by Crippen LogP contribution is 2.26. The second-order valence-corrected chi connectivity index (χ2v) is 7.56. The largest absolute Gasteiger partial charge is 0.444 e. The molecule has 0 N–H and O–H groups in total. The maximum absolute atomic E-state index is 12.3. The van der Waals surface area contributed by atoms with E-state index >= 15 is 0 Å². The summed E-state index contributed by atoms with van der Waals surface area (Å²) in [4.78, 5) is 29.2. The van der Waals surface area contributed by atoms with Crippen LogP contribution in [0.2, 0.25) is 5.15 Å². The normalized spacial score (nSPS) is 18.5. The van der Waals surface area contributed by atoms with Crippen molar-refractivity contribution < 1.29 is 9.53 Å². The van der Waals surface area contributed by atoms with Gasteiger partial charge in [-0.3, -0.25) is 0 Å². The Hall–Kier alpha value is -2.15. The average Bonchev–Trinajstić information content (AvgIpc) is 2.53. The Bertz CT molecular complexity index is 792. The number of rotatable bonds is 1. The number of anilines is 1. The molecule has 25 heavy (non-hydrogen) atoms. The number of ether oxygens (including phenoxy) is 1. The van der Waals surface area contributed by atoms with Gasteiger partial charge in [-0.25, -0.2) is 19.7 Å². The zero-order valence-corrected chi connectivity index (χ0v) is 15.6. The fraction of sp³-hybridized carbons (Fsp3) is 0.529. The van der Waals surface area contributed by atoms with Crippen LogP contribution in [-0.4, -0.2) is 57.2 Å². The number of halogens is 1. The van der Waals surface area contributed by atoms with Crippen LogP contribution in [0.1, 0.15) is 27.7 Å². The number of pyridine rings is 1. The van der Waals surface area contributed by atoms with Gasteiger partial charge >= 0.3 is 6.09 Å². The van der Waals surface area contributed by atoms with Crippen molar-refractivity contribution in [2.45, 2.75) is 39.3 Å². The summed E-state index contributed by atoms with van der Waals surface area (Å²) in [5.74, 6) is 0.740. The molecule has 0 spiro atoms. The highest BCUT2D eigenvalue weighted by Gasteiger charge is 2.31. The first-order valence-electron chi connectivity index (χ1n) is 8.26. The molecule has 3 heterocycles. The lowest BCUT2D eigenvalue weighted by Gasteiger charge is -2.40. The van der Waals surface area contributed by atoms with Gasteiger partial charge in [0, 0.05) is 25.7 Å². The maximum atomic E-state index is 12.3. The molecule has 2 aromatic rings. The van der Waals surface area contributed by atoms with Crippen molar-refractivity contribution in [3.05, 3.63) is 23.6 Å². The summed E-state index contributed by atoms with van der Waals surface area (Å²) in [6, 6.07) is 3.61. The molecule has 1 atom stereocenters. The van der Waals surface area contributed by atoms with Crippen LogP contribution in [0.3, 0.4) is 0 Å². The molecule has 0 aliphatic carbocycles. The second kappa shape index (κ2) is 6.63. The van der Waals surface area contributed by atoms with Gasteiger partial charge in [0.05, 0.1) is 5.52 Å². The molecule has 0 bridgehead atoms. The van der Waals surface area contributed by atoms with Crippen molar-refractivity contribution in [1.82, 2.24) is 19.9 Å². The van der Waals surface area contributed by atoms with E-state index in [4.69, 9.17) is 16.3 Å². The van der Waals surface area contributed by atoms with Crippen molar-refractivity contribution in [3.63, 3.8) is 0 Å². The van der Waals surface area contributed by atoms with E-state index in [9.17, 15) is 4.79 Å². The van der Waals surface area contributed by atoms with E-state index in [1.807, 2.05) is 26.8 Å². The highest BCUT2D eigenvalue weighted by atomic mass is 35.5. The third-order valence-electron chi connectivity index (χ3n) is 3.98. The fourth-order valence-corrected chi connectivity index (χ4v) is 3.03. The molecule has 0 unspecified atom stereocenters. The first-order chi connectivity index (χ1) is 11.7. The molecule has 7 nitrogen and oxygen atoms in total. The lowest BCUT2D eigenvalue weighted by atomic mass is 10.2. The molecule has 1 saturated heterocycles. The van der Waals surface area contributed by atoms with E-state index in [0.717, 1.165) is 11.3 Å². The zero-order chi connectivity index (χ0) is 18.2. The van der Waals surface area contributed by atoms with Gasteiger partial charge in [-0.05, 0) is 39.8 Å². The van der Waals surface area contributed by atoms with Gasteiger partial charge in [0.25, 0.3) is 0 Å². The van der Waals surface area contributed by atoms with Crippen molar-refractivity contribution in [1.29, 1.82) is 0 Å². The molecule has 2 aromatic heterocycles. The Morgan fingerprint density at radius 3 is 2.72 bits per heavy atom. The number of carbonyl (C=O) groups is 1. The zero-order valence-electron chi connectivity index (χ0n) is 14.9. The number of piperazine rings is 1. The Morgan fingerprint density at radius 1 is 1.28 bits per heavy atom. The molecule has 8 heteroatoms. The van der Waals surface area contributed by atoms with E-state index in [0.29, 0.717) is 30.3 Å². The van der Waals surface area contributed by atoms with Crippen LogP contribution in [0.5, 0.6) is 0 Å². The quantitative estimate of drug-likeness (QED) is 0.725. The summed E-state index contributed by atoms with van der Waals surface area (Å²) in [5.41, 5.74) is 0.921. The average molecular weight is 364 g/mol. The van der Waals surface area contributed by atoms with Gasteiger partial charge in [-0.15, -0.1) is 0 Å². The summed E-state index contributed by atoms with van der Waals surface area (Å²) in [5, 5.41) is 0.406. The van der Waals surface area contributed by atoms with Crippen LogP contribution < -0.4 is 4.90 Å². The molecule has 0 aromatic carbocycles. The number of nitrogens with zero attached hydrogens (tertiary/aromatic N) is 5. The summed E-state index contributed by atoms with van der Waals surface area (Å²) < 4.78 is 5.47. The van der Waals surface area contributed by atoms with Crippen LogP contribution in [0.4, 0.5) is 10.6 Å². The van der Waals surface area contributed by atoms with Crippen LogP contribution >= 0.6 is 11.6 Å². The molecule has 1 aliphatic rings. The van der Waals surface area contributed by atoms with E-state index in [-0.39, 0.29) is 12.1 Å². The number of fused-ring (bicyclic) bond motifs is 1. The number of aromatic nitrogens is 3. The molecule has 3 rings (SSSR count). The van der Waals surface area contributed by atoms with Gasteiger partial charge in [0.2, 0.25) is 0 Å². The summed E-state index contributed by atoms with van der Waals surface area (Å²) in [7, 11) is 0. The molecule has 1 fully saturated rings. The van der Waals surface area contributed by atoms with E-state index < -0.39 is 5.60 Å². The lowest BCUT2D eigenvalue weighted by Crippen LogP contribution is -2.54. The van der Waals surface area contributed by atoms with Crippen molar-refractivity contribution >= 4 is 34.5 Å². The van der Waals surface area contributed by atoms with Gasteiger partial charge < -0.3 is 14.5 Å². The van der Waals surface area contributed by atoms with Crippen LogP contribution in [0, 0.1) is 0 Å². The Labute approximate surface area is 152 Å². The molecule has 0 radical (unpaired) electrons. The predicted molar refractivity (Wildman–Crippen MR) is 97.0 cm³/mol. The Morgan fingerprint density at radius 2 is 2.04 bits per heavy atom. The smallest absolute Gasteiger partial charge is 0.410 e. The van der Waals surface area contributed by atoms with Crippen LogP contribution in [-0.2, 0) is 4.74 Å². The SMILES string of the molecule is C[C@H]1CN(C(=O)OC(C)(C)C)CCN1c1ncnc2ccc(Cl)nc12.